The number of aromatic carboxylic acids is 1. The number of nitrogens with one attached hydrogen (secondary N) is 2. The molecule has 3 N–H and O–H groups in total. The Kier molecular flexibility index (Phi) is 3.61. The van der Waals surface area contributed by atoms with Gasteiger partial charge in [-0.25, -0.2) is 4.79 Å². The largest absolute Gasteiger partial charge is 0.478 e. The molecule has 1 atom stereocenters. The van der Waals surface area contributed by atoms with Crippen LogP contribution in [0.4, 0.5) is 0 Å². The second kappa shape index (κ2) is 5.18. The maximum Gasteiger partial charge on any atom is 0.339 e. The van der Waals surface area contributed by atoms with Gasteiger partial charge < -0.3 is 15.7 Å². The molecule has 1 aromatic rings. The van der Waals surface area contributed by atoms with E-state index in [9.17, 15) is 9.59 Å². The summed E-state index contributed by atoms with van der Waals surface area (Å²) in [6, 6.07) is 0.138. The minimum atomic E-state index is -0.978. The van der Waals surface area contributed by atoms with Crippen molar-refractivity contribution in [2.45, 2.75) is 25.4 Å². The molecule has 2 heterocycles. The topological polar surface area (TPSA) is 96.2 Å². The van der Waals surface area contributed by atoms with Crippen LogP contribution in [0.25, 0.3) is 0 Å². The number of carbonyl (C=O) groups is 2. The lowest BCUT2D eigenvalue weighted by Crippen LogP contribution is -2.35. The molecule has 1 aromatic heterocycles. The average molecular weight is 252 g/mol. The van der Waals surface area contributed by atoms with E-state index in [-0.39, 0.29) is 17.5 Å². The van der Waals surface area contributed by atoms with Crippen molar-refractivity contribution in [2.24, 2.45) is 7.05 Å². The predicted octanol–water partition coefficient (Wildman–Crippen LogP) is -0.513. The highest BCUT2D eigenvalue weighted by atomic mass is 16.4. The van der Waals surface area contributed by atoms with Crippen LogP contribution in [0.2, 0.25) is 0 Å². The molecule has 7 nitrogen and oxygen atoms in total. The number of aryl methyl sites for hydroxylation is 1. The standard InChI is InChI=1S/C11H16N4O3/c1-15-9(8(5-13-15)11(17)18)6-12-4-7-2-3-10(16)14-7/h5,7,12H,2-4,6H2,1H3,(H,14,16)(H,17,18). The summed E-state index contributed by atoms with van der Waals surface area (Å²) in [7, 11) is 1.71. The first-order valence-electron chi connectivity index (χ1n) is 5.82. The van der Waals surface area contributed by atoms with Crippen molar-refractivity contribution in [3.05, 3.63) is 17.5 Å². The molecule has 0 aromatic carbocycles. The summed E-state index contributed by atoms with van der Waals surface area (Å²) >= 11 is 0. The first kappa shape index (κ1) is 12.6. The molecule has 1 unspecified atom stereocenters. The van der Waals surface area contributed by atoms with Gasteiger partial charge in [-0.1, -0.05) is 0 Å². The van der Waals surface area contributed by atoms with E-state index < -0.39 is 5.97 Å². The van der Waals surface area contributed by atoms with Crippen molar-refractivity contribution in [3.63, 3.8) is 0 Å². The zero-order valence-corrected chi connectivity index (χ0v) is 10.1. The lowest BCUT2D eigenvalue weighted by Gasteiger charge is -2.11. The number of amides is 1. The van der Waals surface area contributed by atoms with Crippen molar-refractivity contribution in [1.82, 2.24) is 20.4 Å². The highest BCUT2D eigenvalue weighted by Crippen LogP contribution is 2.08. The number of hydrogen-bond donors (Lipinski definition) is 3. The number of rotatable bonds is 5. The molecule has 1 fully saturated rings. The summed E-state index contributed by atoms with van der Waals surface area (Å²) in [5.41, 5.74) is 0.840. The Balaban J connectivity index is 1.88. The molecule has 7 heteroatoms. The zero-order chi connectivity index (χ0) is 13.1. The van der Waals surface area contributed by atoms with Crippen LogP contribution in [0.3, 0.4) is 0 Å². The fraction of sp³-hybridized carbons (Fsp3) is 0.545. The summed E-state index contributed by atoms with van der Waals surface area (Å²) in [6.45, 7) is 1.06. The summed E-state index contributed by atoms with van der Waals surface area (Å²) in [5.74, 6) is -0.900. The number of nitrogens with zero attached hydrogens (tertiary/aromatic N) is 2. The van der Waals surface area contributed by atoms with Crippen LogP contribution in [0.5, 0.6) is 0 Å². The monoisotopic (exact) mass is 252 g/mol. The molecule has 0 bridgehead atoms. The third-order valence-electron chi connectivity index (χ3n) is 3.06. The lowest BCUT2D eigenvalue weighted by atomic mass is 10.2. The Morgan fingerprint density at radius 1 is 1.72 bits per heavy atom. The van der Waals surface area contributed by atoms with Crippen LogP contribution in [-0.4, -0.2) is 39.4 Å². The first-order chi connectivity index (χ1) is 8.58. The molecule has 18 heavy (non-hydrogen) atoms. The van der Waals surface area contributed by atoms with Gasteiger partial charge in [0.2, 0.25) is 5.91 Å². The Morgan fingerprint density at radius 2 is 2.50 bits per heavy atom. The van der Waals surface area contributed by atoms with Crippen LogP contribution >= 0.6 is 0 Å². The van der Waals surface area contributed by atoms with Crippen molar-refractivity contribution < 1.29 is 14.7 Å². The lowest BCUT2D eigenvalue weighted by molar-refractivity contribution is -0.119. The first-order valence-corrected chi connectivity index (χ1v) is 5.82. The van der Waals surface area contributed by atoms with E-state index in [1.807, 2.05) is 0 Å². The van der Waals surface area contributed by atoms with Crippen molar-refractivity contribution in [1.29, 1.82) is 0 Å². The minimum absolute atomic E-state index is 0.0774. The third kappa shape index (κ3) is 2.67. The van der Waals surface area contributed by atoms with Gasteiger partial charge in [-0.2, -0.15) is 5.10 Å². The number of carboxylic acids is 1. The third-order valence-corrected chi connectivity index (χ3v) is 3.06. The normalized spacial score (nSPS) is 18.9. The smallest absolute Gasteiger partial charge is 0.339 e. The van der Waals surface area contributed by atoms with Crippen LogP contribution in [0.1, 0.15) is 28.9 Å². The van der Waals surface area contributed by atoms with Gasteiger partial charge in [-0.15, -0.1) is 0 Å². The fourth-order valence-corrected chi connectivity index (χ4v) is 2.05. The molecule has 0 saturated carbocycles. The molecule has 0 radical (unpaired) electrons. The summed E-state index contributed by atoms with van der Waals surface area (Å²) in [6.07, 6.45) is 2.73. The maximum atomic E-state index is 11.0. The van der Waals surface area contributed by atoms with E-state index in [1.165, 1.54) is 6.20 Å². The van der Waals surface area contributed by atoms with Crippen LogP contribution in [0.15, 0.2) is 6.20 Å². The van der Waals surface area contributed by atoms with Gasteiger partial charge in [0.05, 0.1) is 11.9 Å². The Morgan fingerprint density at radius 3 is 3.11 bits per heavy atom. The molecule has 2 rings (SSSR count). The molecule has 1 amide bonds. The van der Waals surface area contributed by atoms with E-state index in [2.05, 4.69) is 15.7 Å². The van der Waals surface area contributed by atoms with Gasteiger partial charge in [0.15, 0.2) is 0 Å². The predicted molar refractivity (Wildman–Crippen MR) is 63.0 cm³/mol. The van der Waals surface area contributed by atoms with Gasteiger partial charge >= 0.3 is 5.97 Å². The summed E-state index contributed by atoms with van der Waals surface area (Å²) in [5, 5.41) is 18.9. The second-order valence-corrected chi connectivity index (χ2v) is 4.37. The molecule has 1 aliphatic rings. The van der Waals surface area contributed by atoms with Crippen LogP contribution in [-0.2, 0) is 18.4 Å². The SMILES string of the molecule is Cn1ncc(C(=O)O)c1CNCC1CCC(=O)N1. The molecule has 98 valence electrons. The molecule has 0 spiro atoms. The minimum Gasteiger partial charge on any atom is -0.478 e. The van der Waals surface area contributed by atoms with Crippen LogP contribution in [0, 0.1) is 0 Å². The molecule has 1 aliphatic heterocycles. The Labute approximate surface area is 104 Å². The van der Waals surface area contributed by atoms with E-state index in [1.54, 1.807) is 11.7 Å². The average Bonchev–Trinajstić information content (AvgIpc) is 2.87. The molecule has 0 aliphatic carbocycles. The Hall–Kier alpha value is -1.89. The summed E-state index contributed by atoms with van der Waals surface area (Å²) in [4.78, 5) is 22.0. The van der Waals surface area contributed by atoms with Crippen LogP contribution < -0.4 is 10.6 Å². The highest BCUT2D eigenvalue weighted by molar-refractivity contribution is 5.88. The van der Waals surface area contributed by atoms with Gasteiger partial charge in [0.25, 0.3) is 0 Å². The van der Waals surface area contributed by atoms with Crippen molar-refractivity contribution in [3.8, 4) is 0 Å². The molecular formula is C11H16N4O3. The van der Waals surface area contributed by atoms with E-state index in [0.717, 1.165) is 6.42 Å². The molecular weight excluding hydrogens is 236 g/mol. The van der Waals surface area contributed by atoms with E-state index in [4.69, 9.17) is 5.11 Å². The molecule has 1 saturated heterocycles. The summed E-state index contributed by atoms with van der Waals surface area (Å²) < 4.78 is 1.55. The Bertz CT molecular complexity index is 469. The quantitative estimate of drug-likeness (QED) is 0.655. The number of aromatic nitrogens is 2. The van der Waals surface area contributed by atoms with E-state index in [0.29, 0.717) is 25.2 Å². The number of carboxylic acid groups (broad SMARTS) is 1. The van der Waals surface area contributed by atoms with Crippen molar-refractivity contribution in [2.75, 3.05) is 6.54 Å². The maximum absolute atomic E-state index is 11.0. The van der Waals surface area contributed by atoms with Crippen molar-refractivity contribution >= 4 is 11.9 Å². The number of hydrogen-bond acceptors (Lipinski definition) is 4. The number of carbonyl (C=O) groups excluding carboxylic acids is 1. The van der Waals surface area contributed by atoms with Gasteiger partial charge in [0.1, 0.15) is 5.56 Å². The second-order valence-electron chi connectivity index (χ2n) is 4.37. The van der Waals surface area contributed by atoms with Gasteiger partial charge in [-0.3, -0.25) is 9.48 Å². The fourth-order valence-electron chi connectivity index (χ4n) is 2.05. The highest BCUT2D eigenvalue weighted by Gasteiger charge is 2.20. The van der Waals surface area contributed by atoms with Gasteiger partial charge in [0, 0.05) is 32.6 Å². The zero-order valence-electron chi connectivity index (χ0n) is 10.1. The van der Waals surface area contributed by atoms with E-state index >= 15 is 0 Å². The van der Waals surface area contributed by atoms with Gasteiger partial charge in [-0.05, 0) is 6.42 Å².